The summed E-state index contributed by atoms with van der Waals surface area (Å²) in [5.74, 6) is -1.59. The van der Waals surface area contributed by atoms with Crippen molar-refractivity contribution < 1.29 is 22.7 Å². The van der Waals surface area contributed by atoms with Gasteiger partial charge in [0.05, 0.1) is 18.0 Å². The largest absolute Gasteiger partial charge is 0.359 e. The number of ether oxygens (including phenoxy) is 1. The Morgan fingerprint density at radius 3 is 2.41 bits per heavy atom. The van der Waals surface area contributed by atoms with Crippen molar-refractivity contribution in [3.8, 4) is 0 Å². The minimum Gasteiger partial charge on any atom is -0.359 e. The number of halogens is 1. The summed E-state index contributed by atoms with van der Waals surface area (Å²) in [5, 5.41) is 5.42. The Bertz CT molecular complexity index is 799. The summed E-state index contributed by atoms with van der Waals surface area (Å²) < 4.78 is 32.2. The fourth-order valence-corrected chi connectivity index (χ4v) is 4.53. The summed E-state index contributed by atoms with van der Waals surface area (Å²) in [6, 6.07) is 5.80. The third kappa shape index (κ3) is 6.38. The molecule has 2 rings (SSSR count). The number of carbonyl (C=O) groups is 2. The van der Waals surface area contributed by atoms with Crippen LogP contribution < -0.4 is 10.6 Å². The predicted molar refractivity (Wildman–Crippen MR) is 109 cm³/mol. The quantitative estimate of drug-likeness (QED) is 0.527. The zero-order valence-electron chi connectivity index (χ0n) is 16.6. The van der Waals surface area contributed by atoms with E-state index in [4.69, 9.17) is 16.3 Å². The van der Waals surface area contributed by atoms with Crippen molar-refractivity contribution in [2.45, 2.75) is 25.0 Å². The molecule has 1 aliphatic rings. The Hall–Kier alpha value is -1.72. The van der Waals surface area contributed by atoms with E-state index < -0.39 is 28.1 Å². The van der Waals surface area contributed by atoms with Crippen LogP contribution in [0, 0.1) is 0 Å². The van der Waals surface area contributed by atoms with Gasteiger partial charge >= 0.3 is 11.8 Å². The maximum absolute atomic E-state index is 12.8. The molecule has 162 valence electrons. The average Bonchev–Trinajstić information content (AvgIpc) is 3.19. The van der Waals surface area contributed by atoms with Crippen LogP contribution in [0.5, 0.6) is 0 Å². The highest BCUT2D eigenvalue weighted by molar-refractivity contribution is 7.89. The SMILES string of the molecule is CCN(CC)CCNC(=O)C(=O)NC[C@@H]1OCCN1S(=O)(=O)c1ccc(Cl)cc1. The Kier molecular flexibility index (Phi) is 8.84. The maximum Gasteiger partial charge on any atom is 0.309 e. The van der Waals surface area contributed by atoms with E-state index in [1.165, 1.54) is 24.3 Å². The topological polar surface area (TPSA) is 108 Å². The molecule has 0 radical (unpaired) electrons. The first-order chi connectivity index (χ1) is 13.8. The van der Waals surface area contributed by atoms with Crippen LogP contribution in [0.15, 0.2) is 29.2 Å². The second kappa shape index (κ2) is 10.9. The molecule has 9 nitrogen and oxygen atoms in total. The van der Waals surface area contributed by atoms with Gasteiger partial charge in [-0.1, -0.05) is 25.4 Å². The highest BCUT2D eigenvalue weighted by atomic mass is 35.5. The molecule has 0 spiro atoms. The number of hydrogen-bond donors (Lipinski definition) is 2. The van der Waals surface area contributed by atoms with Crippen molar-refractivity contribution in [1.29, 1.82) is 0 Å². The van der Waals surface area contributed by atoms with Crippen molar-refractivity contribution in [2.75, 3.05) is 45.9 Å². The molecule has 1 aliphatic heterocycles. The zero-order valence-corrected chi connectivity index (χ0v) is 18.1. The molecule has 1 fully saturated rings. The molecule has 1 aromatic carbocycles. The summed E-state index contributed by atoms with van der Waals surface area (Å²) >= 11 is 5.81. The molecular weight excluding hydrogens is 420 g/mol. The van der Waals surface area contributed by atoms with E-state index in [0.29, 0.717) is 18.1 Å². The minimum atomic E-state index is -3.81. The lowest BCUT2D eigenvalue weighted by atomic mass is 10.4. The van der Waals surface area contributed by atoms with Gasteiger partial charge in [0.25, 0.3) is 0 Å². The number of benzene rings is 1. The van der Waals surface area contributed by atoms with Gasteiger partial charge in [-0.25, -0.2) is 8.42 Å². The average molecular weight is 447 g/mol. The number of rotatable bonds is 9. The van der Waals surface area contributed by atoms with Gasteiger partial charge in [0.15, 0.2) is 0 Å². The van der Waals surface area contributed by atoms with E-state index in [0.717, 1.165) is 17.4 Å². The highest BCUT2D eigenvalue weighted by Crippen LogP contribution is 2.23. The summed E-state index contributed by atoms with van der Waals surface area (Å²) in [4.78, 5) is 26.1. The molecule has 29 heavy (non-hydrogen) atoms. The first kappa shape index (κ1) is 23.6. The molecule has 0 aliphatic carbocycles. The van der Waals surface area contributed by atoms with Gasteiger partial charge in [-0.2, -0.15) is 4.31 Å². The van der Waals surface area contributed by atoms with Crippen molar-refractivity contribution in [3.05, 3.63) is 29.3 Å². The monoisotopic (exact) mass is 446 g/mol. The summed E-state index contributed by atoms with van der Waals surface area (Å²) in [5.41, 5.74) is 0. The lowest BCUT2D eigenvalue weighted by molar-refractivity contribution is -0.139. The maximum atomic E-state index is 12.8. The first-order valence-corrected chi connectivity index (χ1v) is 11.3. The van der Waals surface area contributed by atoms with E-state index >= 15 is 0 Å². The third-order valence-electron chi connectivity index (χ3n) is 4.61. The van der Waals surface area contributed by atoms with Gasteiger partial charge in [-0.15, -0.1) is 0 Å². The van der Waals surface area contributed by atoms with E-state index in [-0.39, 0.29) is 24.6 Å². The number of carbonyl (C=O) groups excluding carboxylic acids is 2. The fourth-order valence-electron chi connectivity index (χ4n) is 2.89. The van der Waals surface area contributed by atoms with Crippen LogP contribution in [0.3, 0.4) is 0 Å². The van der Waals surface area contributed by atoms with Crippen molar-refractivity contribution >= 4 is 33.4 Å². The summed E-state index contributed by atoms with van der Waals surface area (Å²) in [7, 11) is -3.81. The number of sulfonamides is 1. The number of nitrogens with one attached hydrogen (secondary N) is 2. The lowest BCUT2D eigenvalue weighted by Crippen LogP contribution is -2.48. The molecule has 0 unspecified atom stereocenters. The Morgan fingerprint density at radius 1 is 1.17 bits per heavy atom. The summed E-state index contributed by atoms with van der Waals surface area (Å²) in [6.45, 7) is 6.97. The van der Waals surface area contributed by atoms with Gasteiger partial charge in [0, 0.05) is 24.7 Å². The Labute approximate surface area is 176 Å². The second-order valence-electron chi connectivity index (χ2n) is 6.39. The number of likely N-dealkylation sites (N-methyl/N-ethyl adjacent to an activating group) is 1. The second-order valence-corrected chi connectivity index (χ2v) is 8.71. The molecule has 0 aromatic heterocycles. The Morgan fingerprint density at radius 2 is 1.79 bits per heavy atom. The van der Waals surface area contributed by atoms with Gasteiger partial charge in [-0.05, 0) is 37.4 Å². The van der Waals surface area contributed by atoms with Crippen molar-refractivity contribution in [1.82, 2.24) is 19.8 Å². The lowest BCUT2D eigenvalue weighted by Gasteiger charge is -2.23. The molecule has 1 aromatic rings. The normalized spacial score (nSPS) is 17.4. The van der Waals surface area contributed by atoms with E-state index in [9.17, 15) is 18.0 Å². The van der Waals surface area contributed by atoms with Crippen molar-refractivity contribution in [2.24, 2.45) is 0 Å². The van der Waals surface area contributed by atoms with Gasteiger partial charge < -0.3 is 20.3 Å². The molecule has 1 saturated heterocycles. The van der Waals surface area contributed by atoms with Crippen LogP contribution in [0.4, 0.5) is 0 Å². The number of nitrogens with zero attached hydrogens (tertiary/aromatic N) is 2. The van der Waals surface area contributed by atoms with E-state index in [1.54, 1.807) is 0 Å². The molecule has 11 heteroatoms. The molecule has 2 amide bonds. The van der Waals surface area contributed by atoms with Crippen LogP contribution in [0.1, 0.15) is 13.8 Å². The van der Waals surface area contributed by atoms with Gasteiger partial charge in [0.2, 0.25) is 10.0 Å². The first-order valence-electron chi connectivity index (χ1n) is 9.47. The van der Waals surface area contributed by atoms with Gasteiger partial charge in [-0.3, -0.25) is 9.59 Å². The van der Waals surface area contributed by atoms with Crippen LogP contribution in [0.2, 0.25) is 5.02 Å². The van der Waals surface area contributed by atoms with Crippen LogP contribution in [0.25, 0.3) is 0 Å². The van der Waals surface area contributed by atoms with Crippen LogP contribution in [-0.2, 0) is 24.3 Å². The van der Waals surface area contributed by atoms with Crippen LogP contribution in [-0.4, -0.2) is 81.5 Å². The minimum absolute atomic E-state index is 0.0814. The predicted octanol–water partition coefficient (Wildman–Crippen LogP) is 0.261. The molecule has 2 N–H and O–H groups in total. The molecule has 0 bridgehead atoms. The molecule has 1 atom stereocenters. The van der Waals surface area contributed by atoms with E-state index in [2.05, 4.69) is 15.5 Å². The Balaban J connectivity index is 1.88. The number of hydrogen-bond acceptors (Lipinski definition) is 6. The fraction of sp³-hybridized carbons (Fsp3) is 0.556. The third-order valence-corrected chi connectivity index (χ3v) is 6.77. The number of amides is 2. The summed E-state index contributed by atoms with van der Waals surface area (Å²) in [6.07, 6.45) is -0.886. The molecule has 1 heterocycles. The van der Waals surface area contributed by atoms with Crippen LogP contribution >= 0.6 is 11.6 Å². The van der Waals surface area contributed by atoms with Gasteiger partial charge in [0.1, 0.15) is 6.23 Å². The zero-order chi connectivity index (χ0) is 21.4. The highest BCUT2D eigenvalue weighted by Gasteiger charge is 2.36. The smallest absolute Gasteiger partial charge is 0.309 e. The standard InChI is InChI=1S/C18H27ClN4O5S/c1-3-22(4-2)10-9-20-17(24)18(25)21-13-16-23(11-12-28-16)29(26,27)15-7-5-14(19)6-8-15/h5-8,16H,3-4,9-13H2,1-2H3,(H,20,24)(H,21,25)/t16-/m0/s1. The van der Waals surface area contributed by atoms with Crippen molar-refractivity contribution in [3.63, 3.8) is 0 Å². The molecule has 0 saturated carbocycles. The molecular formula is C18H27ClN4O5S. The van der Waals surface area contributed by atoms with E-state index in [1.807, 2.05) is 13.8 Å².